The molecular formula is C7H7NS. The molecule has 0 spiro atoms. The zero-order valence-electron chi connectivity index (χ0n) is 4.95. The van der Waals surface area contributed by atoms with Crippen LogP contribution in [0.2, 0.25) is 0 Å². The lowest BCUT2D eigenvalue weighted by atomic mass is 10.0. The molecule has 0 radical (unpaired) electrons. The first-order valence-corrected chi connectivity index (χ1v) is 3.96. The average molecular weight is 137 g/mol. The summed E-state index contributed by atoms with van der Waals surface area (Å²) >= 11 is 1.66. The van der Waals surface area contributed by atoms with Crippen LogP contribution in [0.4, 0.5) is 0 Å². The Morgan fingerprint density at radius 1 is 1.56 bits per heavy atom. The van der Waals surface area contributed by atoms with Gasteiger partial charge in [-0.2, -0.15) is 0 Å². The zero-order chi connectivity index (χ0) is 6.10. The maximum absolute atomic E-state index is 4.25. The smallest absolute Gasteiger partial charge is 0.0564 e. The van der Waals surface area contributed by atoms with Gasteiger partial charge in [0.25, 0.3) is 0 Å². The fourth-order valence-corrected chi connectivity index (χ4v) is 1.87. The van der Waals surface area contributed by atoms with Gasteiger partial charge in [-0.3, -0.25) is 0 Å². The molecule has 0 fully saturated rings. The van der Waals surface area contributed by atoms with Crippen LogP contribution in [0.15, 0.2) is 28.7 Å². The third-order valence-electron chi connectivity index (χ3n) is 1.53. The van der Waals surface area contributed by atoms with Gasteiger partial charge in [-0.05, 0) is 18.0 Å². The van der Waals surface area contributed by atoms with Gasteiger partial charge in [0.2, 0.25) is 0 Å². The van der Waals surface area contributed by atoms with E-state index in [1.165, 1.54) is 5.71 Å². The minimum absolute atomic E-state index is 0.611. The summed E-state index contributed by atoms with van der Waals surface area (Å²) in [6, 6.07) is 0. The van der Waals surface area contributed by atoms with Crippen LogP contribution in [0.1, 0.15) is 0 Å². The average Bonchev–Trinajstić information content (AvgIpc) is 2.33. The number of rotatable bonds is 0. The Kier molecular flexibility index (Phi) is 1.19. The second-order valence-electron chi connectivity index (χ2n) is 2.16. The predicted octanol–water partition coefficient (Wildman–Crippen LogP) is 1.83. The number of nitrogens with zero attached hydrogens (tertiary/aromatic N) is 1. The molecule has 0 aromatic carbocycles. The Bertz CT molecular complexity index is 200. The van der Waals surface area contributed by atoms with Gasteiger partial charge in [-0.15, -0.1) is 0 Å². The van der Waals surface area contributed by atoms with Crippen LogP contribution >= 0.6 is 11.9 Å². The van der Waals surface area contributed by atoms with Crippen molar-refractivity contribution in [2.45, 2.75) is 0 Å². The van der Waals surface area contributed by atoms with Crippen LogP contribution in [-0.4, -0.2) is 11.5 Å². The molecule has 9 heavy (non-hydrogen) atoms. The lowest BCUT2D eigenvalue weighted by molar-refractivity contribution is 1.04. The number of hydrogen-bond acceptors (Lipinski definition) is 2. The molecule has 0 aromatic heterocycles. The highest BCUT2D eigenvalue weighted by molar-refractivity contribution is 7.98. The van der Waals surface area contributed by atoms with E-state index in [0.717, 1.165) is 5.75 Å². The SMILES string of the molecule is C1=CC2=NSCC2C=C1. The van der Waals surface area contributed by atoms with Gasteiger partial charge in [-0.1, -0.05) is 18.2 Å². The first kappa shape index (κ1) is 5.30. The fourth-order valence-electron chi connectivity index (χ4n) is 1.01. The second kappa shape index (κ2) is 2.03. The Balaban J connectivity index is 2.33. The highest BCUT2D eigenvalue weighted by atomic mass is 32.2. The van der Waals surface area contributed by atoms with E-state index >= 15 is 0 Å². The van der Waals surface area contributed by atoms with Crippen LogP contribution in [0.3, 0.4) is 0 Å². The van der Waals surface area contributed by atoms with Crippen LogP contribution in [0.5, 0.6) is 0 Å². The van der Waals surface area contributed by atoms with Crippen molar-refractivity contribution in [2.24, 2.45) is 10.3 Å². The van der Waals surface area contributed by atoms with Crippen molar-refractivity contribution in [3.05, 3.63) is 24.3 Å². The van der Waals surface area contributed by atoms with E-state index in [0.29, 0.717) is 5.92 Å². The molecule has 1 nitrogen and oxygen atoms in total. The quantitative estimate of drug-likeness (QED) is 0.464. The maximum Gasteiger partial charge on any atom is 0.0564 e. The third kappa shape index (κ3) is 0.833. The Labute approximate surface area is 58.7 Å². The monoisotopic (exact) mass is 137 g/mol. The maximum atomic E-state index is 4.25. The summed E-state index contributed by atoms with van der Waals surface area (Å²) < 4.78 is 4.25. The molecule has 2 heteroatoms. The van der Waals surface area contributed by atoms with E-state index in [1.807, 2.05) is 6.08 Å². The third-order valence-corrected chi connectivity index (χ3v) is 2.37. The summed E-state index contributed by atoms with van der Waals surface area (Å²) in [5.41, 5.74) is 1.24. The largest absolute Gasteiger partial charge is 0.220 e. The van der Waals surface area contributed by atoms with Crippen molar-refractivity contribution in [1.29, 1.82) is 0 Å². The molecule has 0 bridgehead atoms. The van der Waals surface area contributed by atoms with Crippen molar-refractivity contribution >= 4 is 17.7 Å². The lowest BCUT2D eigenvalue weighted by Crippen LogP contribution is -2.08. The zero-order valence-corrected chi connectivity index (χ0v) is 5.77. The van der Waals surface area contributed by atoms with Crippen molar-refractivity contribution in [1.82, 2.24) is 0 Å². The van der Waals surface area contributed by atoms with Crippen LogP contribution < -0.4 is 0 Å². The topological polar surface area (TPSA) is 12.4 Å². The molecule has 1 heterocycles. The molecule has 1 aliphatic heterocycles. The first-order valence-electron chi connectivity index (χ1n) is 3.01. The van der Waals surface area contributed by atoms with Crippen molar-refractivity contribution in [3.63, 3.8) is 0 Å². The molecular weight excluding hydrogens is 130 g/mol. The van der Waals surface area contributed by atoms with Gasteiger partial charge in [0, 0.05) is 11.7 Å². The van der Waals surface area contributed by atoms with Crippen molar-refractivity contribution < 1.29 is 0 Å². The standard InChI is InChI=1S/C7H7NS/c1-2-4-7-6(3-1)5-9-8-7/h1-4,6H,5H2. The van der Waals surface area contributed by atoms with Gasteiger partial charge in [0.15, 0.2) is 0 Å². The molecule has 1 atom stereocenters. The first-order chi connectivity index (χ1) is 4.47. The highest BCUT2D eigenvalue weighted by Gasteiger charge is 2.17. The van der Waals surface area contributed by atoms with Crippen molar-refractivity contribution in [3.8, 4) is 0 Å². The molecule has 46 valence electrons. The second-order valence-corrected chi connectivity index (χ2v) is 2.94. The summed E-state index contributed by atoms with van der Waals surface area (Å²) in [5.74, 6) is 1.75. The van der Waals surface area contributed by atoms with Gasteiger partial charge in [-0.25, -0.2) is 4.40 Å². The number of fused-ring (bicyclic) bond motifs is 1. The van der Waals surface area contributed by atoms with Gasteiger partial charge < -0.3 is 0 Å². The minimum Gasteiger partial charge on any atom is -0.220 e. The van der Waals surface area contributed by atoms with E-state index in [-0.39, 0.29) is 0 Å². The highest BCUT2D eigenvalue weighted by Crippen LogP contribution is 2.24. The van der Waals surface area contributed by atoms with Crippen molar-refractivity contribution in [2.75, 3.05) is 5.75 Å². The van der Waals surface area contributed by atoms with Crippen LogP contribution in [0.25, 0.3) is 0 Å². The summed E-state index contributed by atoms with van der Waals surface area (Å²) in [4.78, 5) is 0. The van der Waals surface area contributed by atoms with Gasteiger partial charge >= 0.3 is 0 Å². The number of hydrogen-bond donors (Lipinski definition) is 0. The van der Waals surface area contributed by atoms with E-state index in [2.05, 4.69) is 22.6 Å². The minimum atomic E-state index is 0.611. The molecule has 0 N–H and O–H groups in total. The molecule has 1 unspecified atom stereocenters. The Hall–Kier alpha value is -0.500. The molecule has 0 saturated carbocycles. The van der Waals surface area contributed by atoms with E-state index in [1.54, 1.807) is 11.9 Å². The fraction of sp³-hybridized carbons (Fsp3) is 0.286. The molecule has 1 aliphatic carbocycles. The van der Waals surface area contributed by atoms with Gasteiger partial charge in [0.1, 0.15) is 0 Å². The molecule has 0 amide bonds. The van der Waals surface area contributed by atoms with Gasteiger partial charge in [0.05, 0.1) is 5.71 Å². The van der Waals surface area contributed by atoms with E-state index < -0.39 is 0 Å². The van der Waals surface area contributed by atoms with Crippen LogP contribution in [0, 0.1) is 5.92 Å². The summed E-state index contributed by atoms with van der Waals surface area (Å²) in [6.45, 7) is 0. The molecule has 2 rings (SSSR count). The molecule has 0 aromatic rings. The van der Waals surface area contributed by atoms with E-state index in [4.69, 9.17) is 0 Å². The summed E-state index contributed by atoms with van der Waals surface area (Å²) in [5, 5.41) is 0. The normalized spacial score (nSPS) is 30.2. The summed E-state index contributed by atoms with van der Waals surface area (Å²) in [6.07, 6.45) is 8.43. The van der Waals surface area contributed by atoms with E-state index in [9.17, 15) is 0 Å². The van der Waals surface area contributed by atoms with Crippen LogP contribution in [-0.2, 0) is 0 Å². The number of allylic oxidation sites excluding steroid dienone is 4. The lowest BCUT2D eigenvalue weighted by Gasteiger charge is -2.04. The Morgan fingerprint density at radius 2 is 2.56 bits per heavy atom. The summed E-state index contributed by atoms with van der Waals surface area (Å²) in [7, 11) is 0. The molecule has 0 saturated heterocycles. The molecule has 2 aliphatic rings. The Morgan fingerprint density at radius 3 is 3.44 bits per heavy atom. The predicted molar refractivity (Wildman–Crippen MR) is 41.7 cm³/mol.